The fourth-order valence-corrected chi connectivity index (χ4v) is 4.30. The SMILES string of the molecule is CCOc1cc(C(=O)NC(=S)Nc2nc3c(OC)cc(OC)cc3s2)cc(OCC)c1OCC. The van der Waals surface area contributed by atoms with Gasteiger partial charge in [-0.15, -0.1) is 0 Å². The number of hydrogen-bond acceptors (Lipinski definition) is 9. The molecule has 0 aliphatic heterocycles. The number of thiazole rings is 1. The summed E-state index contributed by atoms with van der Waals surface area (Å²) in [6.45, 7) is 6.81. The van der Waals surface area contributed by atoms with Crippen LogP contribution >= 0.6 is 23.6 Å². The number of benzene rings is 2. The van der Waals surface area contributed by atoms with Crippen LogP contribution in [0.5, 0.6) is 28.7 Å². The zero-order valence-electron chi connectivity index (χ0n) is 19.6. The molecule has 11 heteroatoms. The molecule has 2 aromatic carbocycles. The number of amides is 1. The molecule has 1 amide bonds. The van der Waals surface area contributed by atoms with Crippen LogP contribution in [0.4, 0.5) is 5.13 Å². The van der Waals surface area contributed by atoms with Crippen LogP contribution in [-0.4, -0.2) is 50.0 Å². The standard InChI is InChI=1S/C23H27N3O6S2/c1-6-30-16-9-13(10-17(31-7-2)20(16)32-8-3)21(27)25-22(33)26-23-24-19-15(29-5)11-14(28-4)12-18(19)34-23/h9-12H,6-8H2,1-5H3,(H2,24,25,26,27,33). The van der Waals surface area contributed by atoms with Crippen molar-refractivity contribution in [3.05, 3.63) is 29.8 Å². The Morgan fingerprint density at radius 1 is 0.941 bits per heavy atom. The predicted molar refractivity (Wildman–Crippen MR) is 136 cm³/mol. The van der Waals surface area contributed by atoms with Crippen LogP contribution in [0.1, 0.15) is 31.1 Å². The Morgan fingerprint density at radius 2 is 1.59 bits per heavy atom. The van der Waals surface area contributed by atoms with Crippen molar-refractivity contribution < 1.29 is 28.5 Å². The van der Waals surface area contributed by atoms with Gasteiger partial charge >= 0.3 is 0 Å². The van der Waals surface area contributed by atoms with E-state index < -0.39 is 5.91 Å². The average Bonchev–Trinajstić information content (AvgIpc) is 3.22. The van der Waals surface area contributed by atoms with Crippen LogP contribution in [0.25, 0.3) is 10.2 Å². The molecule has 0 saturated carbocycles. The first-order valence-corrected chi connectivity index (χ1v) is 11.9. The zero-order chi connectivity index (χ0) is 24.7. The molecule has 0 fully saturated rings. The molecule has 9 nitrogen and oxygen atoms in total. The van der Waals surface area contributed by atoms with Gasteiger partial charge in [-0.05, 0) is 51.2 Å². The van der Waals surface area contributed by atoms with Gasteiger partial charge in [0.25, 0.3) is 5.91 Å². The van der Waals surface area contributed by atoms with Crippen molar-refractivity contribution in [1.29, 1.82) is 0 Å². The van der Waals surface area contributed by atoms with Crippen molar-refractivity contribution in [2.75, 3.05) is 39.4 Å². The molecule has 182 valence electrons. The van der Waals surface area contributed by atoms with Crippen LogP contribution in [-0.2, 0) is 0 Å². The van der Waals surface area contributed by atoms with Gasteiger partial charge in [-0.3, -0.25) is 10.1 Å². The largest absolute Gasteiger partial charge is 0.497 e. The third-order valence-electron chi connectivity index (χ3n) is 4.51. The Bertz CT molecular complexity index is 1150. The molecule has 34 heavy (non-hydrogen) atoms. The Balaban J connectivity index is 1.80. The Morgan fingerprint density at radius 3 is 2.15 bits per heavy atom. The molecule has 0 aliphatic carbocycles. The molecule has 2 N–H and O–H groups in total. The van der Waals surface area contributed by atoms with Gasteiger partial charge in [-0.25, -0.2) is 4.98 Å². The van der Waals surface area contributed by atoms with E-state index in [0.717, 1.165) is 4.70 Å². The highest BCUT2D eigenvalue weighted by molar-refractivity contribution is 7.80. The summed E-state index contributed by atoms with van der Waals surface area (Å²) in [5.74, 6) is 2.11. The number of anilines is 1. The lowest BCUT2D eigenvalue weighted by Gasteiger charge is -2.17. The number of hydrogen-bond donors (Lipinski definition) is 2. The first-order valence-electron chi connectivity index (χ1n) is 10.6. The fraction of sp³-hybridized carbons (Fsp3) is 0.348. The van der Waals surface area contributed by atoms with Gasteiger partial charge in [-0.2, -0.15) is 0 Å². The van der Waals surface area contributed by atoms with Gasteiger partial charge in [-0.1, -0.05) is 11.3 Å². The number of methoxy groups -OCH3 is 2. The second kappa shape index (κ2) is 11.7. The summed E-state index contributed by atoms with van der Waals surface area (Å²) in [5, 5.41) is 6.23. The minimum absolute atomic E-state index is 0.0970. The fourth-order valence-electron chi connectivity index (χ4n) is 3.13. The molecule has 0 spiro atoms. The van der Waals surface area contributed by atoms with Crippen LogP contribution < -0.4 is 34.3 Å². The number of carbonyl (C=O) groups is 1. The van der Waals surface area contributed by atoms with E-state index in [0.29, 0.717) is 64.8 Å². The predicted octanol–water partition coefficient (Wildman–Crippen LogP) is 4.64. The highest BCUT2D eigenvalue weighted by Crippen LogP contribution is 2.39. The Kier molecular flexibility index (Phi) is 8.72. The minimum Gasteiger partial charge on any atom is -0.497 e. The second-order valence-electron chi connectivity index (χ2n) is 6.70. The van der Waals surface area contributed by atoms with E-state index in [9.17, 15) is 4.79 Å². The summed E-state index contributed by atoms with van der Waals surface area (Å²) in [5.41, 5.74) is 0.981. The lowest BCUT2D eigenvalue weighted by Crippen LogP contribution is -2.34. The van der Waals surface area contributed by atoms with Gasteiger partial charge in [0.05, 0.1) is 38.7 Å². The number of ether oxygens (including phenoxy) is 5. The number of carbonyl (C=O) groups excluding carboxylic acids is 1. The van der Waals surface area contributed by atoms with E-state index in [2.05, 4.69) is 15.6 Å². The molecule has 0 unspecified atom stereocenters. The maximum absolute atomic E-state index is 12.9. The second-order valence-corrected chi connectivity index (χ2v) is 8.14. The third-order valence-corrected chi connectivity index (χ3v) is 5.63. The molecular weight excluding hydrogens is 478 g/mol. The molecule has 3 rings (SSSR count). The van der Waals surface area contributed by atoms with Crippen LogP contribution in [0.2, 0.25) is 0 Å². The maximum Gasteiger partial charge on any atom is 0.257 e. The maximum atomic E-state index is 12.9. The number of rotatable bonds is 10. The zero-order valence-corrected chi connectivity index (χ0v) is 21.3. The van der Waals surface area contributed by atoms with Crippen molar-refractivity contribution in [3.63, 3.8) is 0 Å². The first kappa shape index (κ1) is 25.3. The van der Waals surface area contributed by atoms with Crippen molar-refractivity contribution in [3.8, 4) is 28.7 Å². The quantitative estimate of drug-likeness (QED) is 0.382. The summed E-state index contributed by atoms with van der Waals surface area (Å²) < 4.78 is 28.6. The number of fused-ring (bicyclic) bond motifs is 1. The lowest BCUT2D eigenvalue weighted by molar-refractivity contribution is 0.0976. The Labute approximate surface area is 207 Å². The normalized spacial score (nSPS) is 10.5. The monoisotopic (exact) mass is 505 g/mol. The summed E-state index contributed by atoms with van der Waals surface area (Å²) in [6, 6.07) is 6.81. The number of nitrogens with zero attached hydrogens (tertiary/aromatic N) is 1. The molecule has 0 aliphatic rings. The minimum atomic E-state index is -0.428. The molecule has 0 radical (unpaired) electrons. The van der Waals surface area contributed by atoms with E-state index in [1.165, 1.54) is 11.3 Å². The molecule has 1 heterocycles. The number of nitrogens with one attached hydrogen (secondary N) is 2. The smallest absolute Gasteiger partial charge is 0.257 e. The summed E-state index contributed by atoms with van der Waals surface area (Å²) in [4.78, 5) is 17.5. The van der Waals surface area contributed by atoms with Crippen LogP contribution in [0.3, 0.4) is 0 Å². The van der Waals surface area contributed by atoms with Crippen molar-refractivity contribution >= 4 is 49.9 Å². The topological polar surface area (TPSA) is 100 Å². The summed E-state index contributed by atoms with van der Waals surface area (Å²) in [7, 11) is 3.15. The Hall–Kier alpha value is -3.31. The first-order chi connectivity index (χ1) is 16.4. The van der Waals surface area contributed by atoms with E-state index in [4.69, 9.17) is 35.9 Å². The van der Waals surface area contributed by atoms with E-state index in [-0.39, 0.29) is 5.11 Å². The molecule has 0 bridgehead atoms. The van der Waals surface area contributed by atoms with Gasteiger partial charge < -0.3 is 29.0 Å². The van der Waals surface area contributed by atoms with E-state index >= 15 is 0 Å². The molecular formula is C23H27N3O6S2. The molecule has 0 saturated heterocycles. The highest BCUT2D eigenvalue weighted by atomic mass is 32.1. The summed E-state index contributed by atoms with van der Waals surface area (Å²) >= 11 is 6.70. The number of thiocarbonyl (C=S) groups is 1. The molecule has 3 aromatic rings. The van der Waals surface area contributed by atoms with Crippen molar-refractivity contribution in [2.45, 2.75) is 20.8 Å². The highest BCUT2D eigenvalue weighted by Gasteiger charge is 2.19. The molecule has 0 atom stereocenters. The van der Waals surface area contributed by atoms with E-state index in [1.807, 2.05) is 26.8 Å². The van der Waals surface area contributed by atoms with Gasteiger partial charge in [0.2, 0.25) is 5.75 Å². The lowest BCUT2D eigenvalue weighted by atomic mass is 10.1. The van der Waals surface area contributed by atoms with Gasteiger partial charge in [0.1, 0.15) is 17.0 Å². The van der Waals surface area contributed by atoms with E-state index in [1.54, 1.807) is 32.4 Å². The summed E-state index contributed by atoms with van der Waals surface area (Å²) in [6.07, 6.45) is 0. The average molecular weight is 506 g/mol. The van der Waals surface area contributed by atoms with Gasteiger partial charge in [0.15, 0.2) is 21.7 Å². The third kappa shape index (κ3) is 5.78. The van der Waals surface area contributed by atoms with Crippen molar-refractivity contribution in [2.24, 2.45) is 0 Å². The van der Waals surface area contributed by atoms with Crippen LogP contribution in [0.15, 0.2) is 24.3 Å². The van der Waals surface area contributed by atoms with Crippen LogP contribution in [0, 0.1) is 0 Å². The number of aromatic nitrogens is 1. The molecule has 1 aromatic heterocycles. The van der Waals surface area contributed by atoms with Gasteiger partial charge in [0, 0.05) is 11.6 Å². The van der Waals surface area contributed by atoms with Crippen molar-refractivity contribution in [1.82, 2.24) is 10.3 Å².